The summed E-state index contributed by atoms with van der Waals surface area (Å²) in [7, 11) is 0. The van der Waals surface area contributed by atoms with Crippen molar-refractivity contribution in [1.29, 1.82) is 0 Å². The maximum Gasteiger partial charge on any atom is 0.0951 e. The molecular weight excluding hydrogens is 102 g/mol. The van der Waals surface area contributed by atoms with Crippen LogP contribution < -0.4 is 0 Å². The lowest BCUT2D eigenvalue weighted by molar-refractivity contribution is 0.657. The van der Waals surface area contributed by atoms with Gasteiger partial charge in [0.2, 0.25) is 0 Å². The molecule has 46 valence electrons. The van der Waals surface area contributed by atoms with Gasteiger partial charge in [0, 0.05) is 0 Å². The summed E-state index contributed by atoms with van der Waals surface area (Å²) in [5, 5.41) is 2.88. The number of hydrogen-bond donors (Lipinski definition) is 0. The molecular formula is C6H11NO. The first-order valence-electron chi connectivity index (χ1n) is 2.78. The average Bonchev–Trinajstić information content (AvgIpc) is 1.83. The molecule has 8 heavy (non-hydrogen) atoms. The molecule has 0 saturated heterocycles. The zero-order valence-corrected chi connectivity index (χ0v) is 5.13. The molecule has 0 radical (unpaired) electrons. The van der Waals surface area contributed by atoms with E-state index in [9.17, 15) is 4.91 Å². The number of nitrogens with zero attached hydrogens (tertiary/aromatic N) is 1. The Morgan fingerprint density at radius 1 is 1.88 bits per heavy atom. The first-order chi connectivity index (χ1) is 3.85. The van der Waals surface area contributed by atoms with Crippen LogP contribution in [0.1, 0.15) is 19.8 Å². The second kappa shape index (κ2) is 4.50. The van der Waals surface area contributed by atoms with E-state index in [-0.39, 0.29) is 6.04 Å². The zero-order chi connectivity index (χ0) is 6.41. The van der Waals surface area contributed by atoms with E-state index >= 15 is 0 Å². The standard InChI is InChI=1S/C6H11NO/c1-3-5-6(4-2)7-8/h3,6H,1,4-5H2,2H3. The molecule has 0 N–H and O–H groups in total. The third-order valence-corrected chi connectivity index (χ3v) is 1.06. The van der Waals surface area contributed by atoms with E-state index in [1.807, 2.05) is 6.92 Å². The van der Waals surface area contributed by atoms with E-state index in [0.29, 0.717) is 6.42 Å². The molecule has 0 amide bonds. The second-order valence-electron chi connectivity index (χ2n) is 1.69. The van der Waals surface area contributed by atoms with Crippen molar-refractivity contribution in [1.82, 2.24) is 0 Å². The Kier molecular flexibility index (Phi) is 4.13. The van der Waals surface area contributed by atoms with Gasteiger partial charge in [0.05, 0.1) is 6.04 Å². The second-order valence-corrected chi connectivity index (χ2v) is 1.69. The summed E-state index contributed by atoms with van der Waals surface area (Å²) in [4.78, 5) is 9.83. The van der Waals surface area contributed by atoms with Gasteiger partial charge in [-0.25, -0.2) is 0 Å². The van der Waals surface area contributed by atoms with Crippen LogP contribution >= 0.6 is 0 Å². The van der Waals surface area contributed by atoms with Crippen molar-refractivity contribution >= 4 is 0 Å². The van der Waals surface area contributed by atoms with Gasteiger partial charge in [-0.3, -0.25) is 0 Å². The molecule has 2 nitrogen and oxygen atoms in total. The molecule has 0 aromatic heterocycles. The summed E-state index contributed by atoms with van der Waals surface area (Å²) < 4.78 is 0. The molecule has 0 saturated carbocycles. The summed E-state index contributed by atoms with van der Waals surface area (Å²) in [5.74, 6) is 0. The van der Waals surface area contributed by atoms with Crippen LogP contribution in [0, 0.1) is 4.91 Å². The molecule has 2 heteroatoms. The first-order valence-corrected chi connectivity index (χ1v) is 2.78. The van der Waals surface area contributed by atoms with Crippen LogP contribution in [0.5, 0.6) is 0 Å². The molecule has 0 fully saturated rings. The van der Waals surface area contributed by atoms with Crippen molar-refractivity contribution in [3.8, 4) is 0 Å². The molecule has 1 atom stereocenters. The highest BCUT2D eigenvalue weighted by atomic mass is 16.3. The summed E-state index contributed by atoms with van der Waals surface area (Å²) in [6.07, 6.45) is 3.24. The molecule has 1 unspecified atom stereocenters. The maximum absolute atomic E-state index is 9.83. The Morgan fingerprint density at radius 3 is 2.62 bits per heavy atom. The minimum absolute atomic E-state index is 0.0486. The number of hydrogen-bond acceptors (Lipinski definition) is 2. The van der Waals surface area contributed by atoms with Gasteiger partial charge in [-0.05, 0) is 12.8 Å². The fraction of sp³-hybridized carbons (Fsp3) is 0.667. The molecule has 0 aromatic rings. The summed E-state index contributed by atoms with van der Waals surface area (Å²) in [6, 6.07) is -0.0486. The van der Waals surface area contributed by atoms with E-state index in [4.69, 9.17) is 0 Å². The van der Waals surface area contributed by atoms with Gasteiger partial charge in [0.15, 0.2) is 0 Å². The minimum atomic E-state index is -0.0486. The fourth-order valence-electron chi connectivity index (χ4n) is 0.477. The monoisotopic (exact) mass is 113 g/mol. The Hall–Kier alpha value is -0.660. The summed E-state index contributed by atoms with van der Waals surface area (Å²) in [5.41, 5.74) is 0. The van der Waals surface area contributed by atoms with Gasteiger partial charge in [-0.2, -0.15) is 4.91 Å². The molecule has 0 spiro atoms. The average molecular weight is 113 g/mol. The van der Waals surface area contributed by atoms with E-state index in [1.165, 1.54) is 0 Å². The predicted octanol–water partition coefficient (Wildman–Crippen LogP) is 2.11. The van der Waals surface area contributed by atoms with Crippen LogP contribution in [-0.2, 0) is 0 Å². The largest absolute Gasteiger partial charge is 0.151 e. The Bertz CT molecular complexity index is 80.6. The zero-order valence-electron chi connectivity index (χ0n) is 5.13. The van der Waals surface area contributed by atoms with Crippen molar-refractivity contribution in [2.45, 2.75) is 25.8 Å². The van der Waals surface area contributed by atoms with Gasteiger partial charge < -0.3 is 0 Å². The quantitative estimate of drug-likeness (QED) is 0.405. The fourth-order valence-corrected chi connectivity index (χ4v) is 0.477. The van der Waals surface area contributed by atoms with Gasteiger partial charge in [0.25, 0.3) is 0 Å². The lowest BCUT2D eigenvalue weighted by Gasteiger charge is -1.97. The van der Waals surface area contributed by atoms with Crippen LogP contribution in [0.2, 0.25) is 0 Å². The highest BCUT2D eigenvalue weighted by Crippen LogP contribution is 2.01. The highest BCUT2D eigenvalue weighted by molar-refractivity contribution is 4.75. The predicted molar refractivity (Wildman–Crippen MR) is 34.7 cm³/mol. The normalized spacial score (nSPS) is 12.6. The lowest BCUT2D eigenvalue weighted by atomic mass is 10.2. The van der Waals surface area contributed by atoms with E-state index in [1.54, 1.807) is 6.08 Å². The molecule has 0 rings (SSSR count). The Morgan fingerprint density at radius 2 is 2.50 bits per heavy atom. The van der Waals surface area contributed by atoms with Crippen LogP contribution in [0.15, 0.2) is 17.8 Å². The maximum atomic E-state index is 9.83. The van der Waals surface area contributed by atoms with Gasteiger partial charge in [-0.1, -0.05) is 18.2 Å². The van der Waals surface area contributed by atoms with Crippen molar-refractivity contribution in [3.63, 3.8) is 0 Å². The topological polar surface area (TPSA) is 29.4 Å². The van der Waals surface area contributed by atoms with Crippen LogP contribution in [0.3, 0.4) is 0 Å². The van der Waals surface area contributed by atoms with Crippen molar-refractivity contribution in [2.24, 2.45) is 5.18 Å². The van der Waals surface area contributed by atoms with Crippen LogP contribution in [0.4, 0.5) is 0 Å². The van der Waals surface area contributed by atoms with Crippen molar-refractivity contribution < 1.29 is 0 Å². The van der Waals surface area contributed by atoms with Gasteiger partial charge >= 0.3 is 0 Å². The third-order valence-electron chi connectivity index (χ3n) is 1.06. The molecule has 0 aliphatic rings. The highest BCUT2D eigenvalue weighted by Gasteiger charge is 1.99. The molecule has 0 bridgehead atoms. The number of nitroso groups, excluding NO2 is 1. The molecule has 0 aliphatic heterocycles. The molecule has 0 aliphatic carbocycles. The van der Waals surface area contributed by atoms with E-state index < -0.39 is 0 Å². The summed E-state index contributed by atoms with van der Waals surface area (Å²) >= 11 is 0. The third kappa shape index (κ3) is 2.50. The Labute approximate surface area is 49.6 Å². The Balaban J connectivity index is 3.35. The smallest absolute Gasteiger partial charge is 0.0951 e. The van der Waals surface area contributed by atoms with Crippen molar-refractivity contribution in [3.05, 3.63) is 17.6 Å². The summed E-state index contributed by atoms with van der Waals surface area (Å²) in [6.45, 7) is 5.44. The van der Waals surface area contributed by atoms with E-state index in [2.05, 4.69) is 11.8 Å². The number of rotatable bonds is 4. The van der Waals surface area contributed by atoms with Gasteiger partial charge in [0.1, 0.15) is 0 Å². The lowest BCUT2D eigenvalue weighted by Crippen LogP contribution is -1.97. The molecule has 0 aromatic carbocycles. The SMILES string of the molecule is C=CCC(CC)N=O. The van der Waals surface area contributed by atoms with Crippen molar-refractivity contribution in [2.75, 3.05) is 0 Å². The molecule has 0 heterocycles. The minimum Gasteiger partial charge on any atom is -0.151 e. The first kappa shape index (κ1) is 7.34. The van der Waals surface area contributed by atoms with Gasteiger partial charge in [-0.15, -0.1) is 6.58 Å². The van der Waals surface area contributed by atoms with Crippen LogP contribution in [0.25, 0.3) is 0 Å². The van der Waals surface area contributed by atoms with Crippen LogP contribution in [-0.4, -0.2) is 6.04 Å². The van der Waals surface area contributed by atoms with E-state index in [0.717, 1.165) is 6.42 Å².